The van der Waals surface area contributed by atoms with Crippen LogP contribution in [0.5, 0.6) is 23.0 Å². The van der Waals surface area contributed by atoms with Crippen LogP contribution in [0.3, 0.4) is 0 Å². The van der Waals surface area contributed by atoms with E-state index in [2.05, 4.69) is 5.32 Å². The van der Waals surface area contributed by atoms with Gasteiger partial charge < -0.3 is 24.3 Å². The lowest BCUT2D eigenvalue weighted by atomic mass is 10.1. The Kier molecular flexibility index (Phi) is 6.05. The molecule has 172 valence electrons. The molecule has 9 nitrogen and oxygen atoms in total. The number of sulfonamides is 1. The number of ether oxygens (including phenoxy) is 4. The Labute approximate surface area is 187 Å². The maximum atomic E-state index is 13.0. The zero-order chi connectivity index (χ0) is 22.9. The van der Waals surface area contributed by atoms with Crippen molar-refractivity contribution in [2.45, 2.75) is 25.9 Å². The Morgan fingerprint density at radius 1 is 0.875 bits per heavy atom. The molecule has 2 aromatic rings. The molecule has 2 unspecified atom stereocenters. The van der Waals surface area contributed by atoms with Crippen LogP contribution in [0.1, 0.15) is 25.5 Å². The standard InChI is InChI=1S/C22H26N2O7S/c1-14(16-4-6-18-20(12-16)30-10-8-28-18)23-22(25)15(2)24(32(3,26)27)17-5-7-19-21(13-17)31-11-9-29-19/h4-7,12-15H,8-11H2,1-3H3,(H,23,25). The van der Waals surface area contributed by atoms with Gasteiger partial charge in [-0.15, -0.1) is 0 Å². The fraction of sp³-hybridized carbons (Fsp3) is 0.409. The van der Waals surface area contributed by atoms with Gasteiger partial charge in [-0.2, -0.15) is 0 Å². The summed E-state index contributed by atoms with van der Waals surface area (Å²) in [4.78, 5) is 13.0. The van der Waals surface area contributed by atoms with E-state index in [0.717, 1.165) is 16.1 Å². The lowest BCUT2D eigenvalue weighted by molar-refractivity contribution is -0.122. The quantitative estimate of drug-likeness (QED) is 0.702. The van der Waals surface area contributed by atoms with E-state index >= 15 is 0 Å². The Hall–Kier alpha value is -3.14. The smallest absolute Gasteiger partial charge is 0.244 e. The number of carbonyl (C=O) groups is 1. The molecule has 2 aliphatic rings. The van der Waals surface area contributed by atoms with E-state index in [1.165, 1.54) is 0 Å². The second kappa shape index (κ2) is 8.78. The summed E-state index contributed by atoms with van der Waals surface area (Å²) in [6.07, 6.45) is 1.07. The molecule has 0 spiro atoms. The van der Waals surface area contributed by atoms with Crippen molar-refractivity contribution in [3.05, 3.63) is 42.0 Å². The van der Waals surface area contributed by atoms with Crippen LogP contribution in [-0.2, 0) is 14.8 Å². The lowest BCUT2D eigenvalue weighted by Gasteiger charge is -2.30. The highest BCUT2D eigenvalue weighted by atomic mass is 32.2. The monoisotopic (exact) mass is 462 g/mol. The van der Waals surface area contributed by atoms with E-state index in [0.29, 0.717) is 55.1 Å². The predicted octanol–water partition coefficient (Wildman–Crippen LogP) is 2.26. The molecule has 2 aromatic carbocycles. The molecular weight excluding hydrogens is 436 g/mol. The number of hydrogen-bond donors (Lipinski definition) is 1. The number of nitrogens with zero attached hydrogens (tertiary/aromatic N) is 1. The first-order valence-corrected chi connectivity index (χ1v) is 12.2. The van der Waals surface area contributed by atoms with Crippen LogP contribution in [-0.4, -0.2) is 53.1 Å². The number of rotatable bonds is 6. The first kappa shape index (κ1) is 22.1. The summed E-state index contributed by atoms with van der Waals surface area (Å²) in [6.45, 7) is 5.14. The average molecular weight is 463 g/mol. The van der Waals surface area contributed by atoms with Crippen LogP contribution in [0.15, 0.2) is 36.4 Å². The third kappa shape index (κ3) is 4.55. The maximum absolute atomic E-state index is 13.0. The highest BCUT2D eigenvalue weighted by Gasteiger charge is 2.31. The van der Waals surface area contributed by atoms with Crippen LogP contribution >= 0.6 is 0 Å². The fourth-order valence-corrected chi connectivity index (χ4v) is 4.89. The van der Waals surface area contributed by atoms with Crippen LogP contribution in [0.4, 0.5) is 5.69 Å². The highest BCUT2D eigenvalue weighted by molar-refractivity contribution is 7.92. The van der Waals surface area contributed by atoms with Gasteiger partial charge in [-0.25, -0.2) is 8.42 Å². The number of anilines is 1. The number of nitrogens with one attached hydrogen (secondary N) is 1. The summed E-state index contributed by atoms with van der Waals surface area (Å²) in [5.41, 5.74) is 1.14. The van der Waals surface area contributed by atoms with Gasteiger partial charge in [0.2, 0.25) is 15.9 Å². The molecular formula is C22H26N2O7S. The summed E-state index contributed by atoms with van der Waals surface area (Å²) >= 11 is 0. The molecule has 4 rings (SSSR count). The number of hydrogen-bond acceptors (Lipinski definition) is 7. The number of benzene rings is 2. The molecule has 0 aliphatic carbocycles. The molecule has 0 aromatic heterocycles. The van der Waals surface area contributed by atoms with Crippen molar-refractivity contribution < 1.29 is 32.2 Å². The molecule has 0 saturated heterocycles. The first-order valence-electron chi connectivity index (χ1n) is 10.3. The number of amides is 1. The zero-order valence-electron chi connectivity index (χ0n) is 18.2. The van der Waals surface area contributed by atoms with Gasteiger partial charge in [0.05, 0.1) is 18.0 Å². The third-order valence-corrected chi connectivity index (χ3v) is 6.54. The van der Waals surface area contributed by atoms with Crippen molar-refractivity contribution in [2.24, 2.45) is 0 Å². The van der Waals surface area contributed by atoms with Gasteiger partial charge in [-0.1, -0.05) is 6.07 Å². The largest absolute Gasteiger partial charge is 0.486 e. The minimum absolute atomic E-state index is 0.325. The number of carbonyl (C=O) groups excluding carboxylic acids is 1. The van der Waals surface area contributed by atoms with Gasteiger partial charge in [0.1, 0.15) is 32.5 Å². The Morgan fingerprint density at radius 2 is 1.41 bits per heavy atom. The average Bonchev–Trinajstić information content (AvgIpc) is 2.77. The van der Waals surface area contributed by atoms with Crippen LogP contribution in [0.25, 0.3) is 0 Å². The molecule has 0 fully saturated rings. The molecule has 1 amide bonds. The Morgan fingerprint density at radius 3 is 2.00 bits per heavy atom. The van der Waals surface area contributed by atoms with E-state index in [1.54, 1.807) is 31.2 Å². The molecule has 10 heteroatoms. The molecule has 0 radical (unpaired) electrons. The van der Waals surface area contributed by atoms with E-state index in [9.17, 15) is 13.2 Å². The maximum Gasteiger partial charge on any atom is 0.244 e. The van der Waals surface area contributed by atoms with E-state index < -0.39 is 22.0 Å². The lowest BCUT2D eigenvalue weighted by Crippen LogP contribution is -2.48. The van der Waals surface area contributed by atoms with E-state index in [4.69, 9.17) is 18.9 Å². The number of fused-ring (bicyclic) bond motifs is 2. The molecule has 0 saturated carbocycles. The normalized spacial score (nSPS) is 16.6. The van der Waals surface area contributed by atoms with Gasteiger partial charge >= 0.3 is 0 Å². The second-order valence-electron chi connectivity index (χ2n) is 7.70. The zero-order valence-corrected chi connectivity index (χ0v) is 19.0. The summed E-state index contributed by atoms with van der Waals surface area (Å²) < 4.78 is 48.5. The van der Waals surface area contributed by atoms with Crippen molar-refractivity contribution in [2.75, 3.05) is 37.0 Å². The van der Waals surface area contributed by atoms with Gasteiger partial charge in [-0.3, -0.25) is 9.10 Å². The Balaban J connectivity index is 1.54. The summed E-state index contributed by atoms with van der Waals surface area (Å²) in [5, 5.41) is 2.89. The van der Waals surface area contributed by atoms with Gasteiger partial charge in [0.15, 0.2) is 23.0 Å². The van der Waals surface area contributed by atoms with Crippen molar-refractivity contribution in [3.8, 4) is 23.0 Å². The van der Waals surface area contributed by atoms with Gasteiger partial charge in [0.25, 0.3) is 0 Å². The van der Waals surface area contributed by atoms with Crippen molar-refractivity contribution in [3.63, 3.8) is 0 Å². The first-order chi connectivity index (χ1) is 15.2. The molecule has 2 aliphatic heterocycles. The topological polar surface area (TPSA) is 103 Å². The third-order valence-electron chi connectivity index (χ3n) is 5.29. The summed E-state index contributed by atoms with van der Waals surface area (Å²) in [6, 6.07) is 8.91. The molecule has 2 heterocycles. The fourth-order valence-electron chi connectivity index (χ4n) is 3.72. The van der Waals surface area contributed by atoms with Crippen LogP contribution in [0.2, 0.25) is 0 Å². The minimum atomic E-state index is -3.76. The second-order valence-corrected chi connectivity index (χ2v) is 9.56. The Bertz CT molecular complexity index is 1120. The van der Waals surface area contributed by atoms with Gasteiger partial charge in [-0.05, 0) is 43.7 Å². The van der Waals surface area contributed by atoms with E-state index in [1.807, 2.05) is 19.1 Å². The molecule has 0 bridgehead atoms. The minimum Gasteiger partial charge on any atom is -0.486 e. The van der Waals surface area contributed by atoms with Gasteiger partial charge in [0, 0.05) is 6.07 Å². The highest BCUT2D eigenvalue weighted by Crippen LogP contribution is 2.36. The van der Waals surface area contributed by atoms with Crippen molar-refractivity contribution in [1.29, 1.82) is 0 Å². The summed E-state index contributed by atoms with van der Waals surface area (Å²) in [5.74, 6) is 1.83. The van der Waals surface area contributed by atoms with Crippen molar-refractivity contribution >= 4 is 21.6 Å². The summed E-state index contributed by atoms with van der Waals surface area (Å²) in [7, 11) is -3.76. The van der Waals surface area contributed by atoms with E-state index in [-0.39, 0.29) is 6.04 Å². The molecule has 32 heavy (non-hydrogen) atoms. The molecule has 1 N–H and O–H groups in total. The van der Waals surface area contributed by atoms with Crippen molar-refractivity contribution in [1.82, 2.24) is 5.32 Å². The molecule has 2 atom stereocenters. The van der Waals surface area contributed by atoms with Crippen LogP contribution < -0.4 is 28.6 Å². The predicted molar refractivity (Wildman–Crippen MR) is 118 cm³/mol. The SMILES string of the molecule is CC(NC(=O)C(C)N(c1ccc2c(c1)OCCO2)S(C)(=O)=O)c1ccc2c(c1)OCCO2. The van der Waals surface area contributed by atoms with Crippen LogP contribution in [0, 0.1) is 0 Å².